The predicted octanol–water partition coefficient (Wildman–Crippen LogP) is 3.67. The molecule has 0 spiro atoms. The van der Waals surface area contributed by atoms with Crippen LogP contribution in [0.2, 0.25) is 0 Å². The molecule has 0 bridgehead atoms. The third-order valence-corrected chi connectivity index (χ3v) is 4.50. The fourth-order valence-electron chi connectivity index (χ4n) is 2.75. The highest BCUT2D eigenvalue weighted by molar-refractivity contribution is 7.80. The lowest BCUT2D eigenvalue weighted by Crippen LogP contribution is -2.40. The van der Waals surface area contributed by atoms with Crippen LogP contribution in [0.1, 0.15) is 18.4 Å². The molecule has 0 saturated heterocycles. The number of aryl methyl sites for hydroxylation is 1. The molecule has 5 heteroatoms. The van der Waals surface area contributed by atoms with Gasteiger partial charge >= 0.3 is 5.97 Å². The van der Waals surface area contributed by atoms with Gasteiger partial charge in [0.1, 0.15) is 6.54 Å². The molecule has 0 saturated carbocycles. The van der Waals surface area contributed by atoms with Crippen molar-refractivity contribution in [3.63, 3.8) is 0 Å². The summed E-state index contributed by atoms with van der Waals surface area (Å²) in [4.78, 5) is 25.4. The first kappa shape index (κ1) is 19.1. The van der Waals surface area contributed by atoms with Crippen LogP contribution in [0, 0.1) is 5.92 Å². The first-order valence-electron chi connectivity index (χ1n) is 8.35. The lowest BCUT2D eigenvalue weighted by Gasteiger charge is -2.25. The SMILES string of the molecule is O=C(O)CN(C(=O)C(CS)CCCc1ccccc1)c1ccccc1. The van der Waals surface area contributed by atoms with Crippen LogP contribution in [-0.4, -0.2) is 29.3 Å². The van der Waals surface area contributed by atoms with Crippen LogP contribution in [0.4, 0.5) is 5.69 Å². The Morgan fingerprint density at radius 1 is 1.00 bits per heavy atom. The van der Waals surface area contributed by atoms with E-state index in [-0.39, 0.29) is 18.4 Å². The molecule has 1 N–H and O–H groups in total. The van der Waals surface area contributed by atoms with Crippen LogP contribution < -0.4 is 4.90 Å². The Balaban J connectivity index is 2.02. The minimum absolute atomic E-state index is 0.184. The highest BCUT2D eigenvalue weighted by atomic mass is 32.1. The molecule has 1 atom stereocenters. The maximum absolute atomic E-state index is 12.9. The molecule has 2 rings (SSSR count). The lowest BCUT2D eigenvalue weighted by atomic mass is 9.99. The van der Waals surface area contributed by atoms with E-state index in [0.717, 1.165) is 12.8 Å². The van der Waals surface area contributed by atoms with E-state index < -0.39 is 5.97 Å². The van der Waals surface area contributed by atoms with E-state index >= 15 is 0 Å². The molecule has 132 valence electrons. The number of thiol groups is 1. The van der Waals surface area contributed by atoms with Gasteiger partial charge in [-0.05, 0) is 37.0 Å². The van der Waals surface area contributed by atoms with Crippen LogP contribution >= 0.6 is 12.6 Å². The second-order valence-corrected chi connectivity index (χ2v) is 6.28. The molecule has 1 unspecified atom stereocenters. The Bertz CT molecular complexity index is 676. The first-order valence-corrected chi connectivity index (χ1v) is 8.98. The van der Waals surface area contributed by atoms with Crippen molar-refractivity contribution in [2.45, 2.75) is 19.3 Å². The van der Waals surface area contributed by atoms with Gasteiger partial charge < -0.3 is 10.0 Å². The highest BCUT2D eigenvalue weighted by Gasteiger charge is 2.25. The fraction of sp³-hybridized carbons (Fsp3) is 0.300. The van der Waals surface area contributed by atoms with E-state index in [9.17, 15) is 9.59 Å². The van der Waals surface area contributed by atoms with Gasteiger partial charge in [0.25, 0.3) is 0 Å². The van der Waals surface area contributed by atoms with Crippen molar-refractivity contribution >= 4 is 30.2 Å². The molecule has 0 fully saturated rings. The Kier molecular flexibility index (Phi) is 7.54. The number of anilines is 1. The second-order valence-electron chi connectivity index (χ2n) is 5.91. The number of carbonyl (C=O) groups is 2. The minimum atomic E-state index is -1.03. The quantitative estimate of drug-likeness (QED) is 0.673. The molecular weight excluding hydrogens is 334 g/mol. The minimum Gasteiger partial charge on any atom is -0.480 e. The van der Waals surface area contributed by atoms with Crippen molar-refractivity contribution in [1.29, 1.82) is 0 Å². The van der Waals surface area contributed by atoms with Gasteiger partial charge in [-0.25, -0.2) is 0 Å². The van der Waals surface area contributed by atoms with Gasteiger partial charge in [0.15, 0.2) is 0 Å². The third-order valence-electron chi connectivity index (χ3n) is 4.06. The largest absolute Gasteiger partial charge is 0.480 e. The number of rotatable bonds is 9. The summed E-state index contributed by atoms with van der Waals surface area (Å²) in [6.07, 6.45) is 2.43. The summed E-state index contributed by atoms with van der Waals surface area (Å²) in [5.74, 6) is -1.11. The number of para-hydroxylation sites is 1. The molecule has 1 amide bonds. The number of aliphatic carboxylic acids is 1. The number of carboxylic acids is 1. The number of carbonyl (C=O) groups excluding carboxylic acids is 1. The fourth-order valence-corrected chi connectivity index (χ4v) is 3.09. The number of carboxylic acid groups (broad SMARTS) is 1. The monoisotopic (exact) mass is 357 g/mol. The molecule has 0 aromatic heterocycles. The molecule has 4 nitrogen and oxygen atoms in total. The molecule has 0 aliphatic heterocycles. The van der Waals surface area contributed by atoms with E-state index in [2.05, 4.69) is 24.8 Å². The van der Waals surface area contributed by atoms with Crippen molar-refractivity contribution in [2.75, 3.05) is 17.2 Å². The molecule has 0 radical (unpaired) electrons. The highest BCUT2D eigenvalue weighted by Crippen LogP contribution is 2.20. The van der Waals surface area contributed by atoms with E-state index in [0.29, 0.717) is 17.9 Å². The Morgan fingerprint density at radius 3 is 2.16 bits per heavy atom. The topological polar surface area (TPSA) is 57.6 Å². The zero-order valence-electron chi connectivity index (χ0n) is 14.0. The van der Waals surface area contributed by atoms with Crippen LogP contribution in [0.5, 0.6) is 0 Å². The maximum Gasteiger partial charge on any atom is 0.323 e. The van der Waals surface area contributed by atoms with Crippen LogP contribution in [-0.2, 0) is 16.0 Å². The molecule has 2 aromatic carbocycles. The zero-order valence-corrected chi connectivity index (χ0v) is 14.9. The van der Waals surface area contributed by atoms with Gasteiger partial charge in [-0.15, -0.1) is 0 Å². The molecule has 0 heterocycles. The summed E-state index contributed by atoms with van der Waals surface area (Å²) >= 11 is 4.32. The molecule has 25 heavy (non-hydrogen) atoms. The normalized spacial score (nSPS) is 11.7. The van der Waals surface area contributed by atoms with E-state index in [1.807, 2.05) is 24.3 Å². The van der Waals surface area contributed by atoms with Gasteiger partial charge in [0.2, 0.25) is 5.91 Å². The van der Waals surface area contributed by atoms with Crippen LogP contribution in [0.3, 0.4) is 0 Å². The van der Waals surface area contributed by atoms with Crippen LogP contribution in [0.25, 0.3) is 0 Å². The molecule has 2 aromatic rings. The summed E-state index contributed by atoms with van der Waals surface area (Å²) in [7, 11) is 0. The molecular formula is C20H23NO3S. The summed E-state index contributed by atoms with van der Waals surface area (Å²) in [5.41, 5.74) is 1.84. The third kappa shape index (κ3) is 5.94. The lowest BCUT2D eigenvalue weighted by molar-refractivity contribution is -0.137. The van der Waals surface area contributed by atoms with Gasteiger partial charge in [-0.1, -0.05) is 48.5 Å². The molecule has 0 aliphatic rings. The second kappa shape index (κ2) is 9.89. The van der Waals surface area contributed by atoms with E-state index in [4.69, 9.17) is 5.11 Å². The summed E-state index contributed by atoms with van der Waals surface area (Å²) < 4.78 is 0. The standard InChI is InChI=1S/C20H23NO3S/c22-19(23)14-21(18-12-5-2-6-13-18)20(24)17(15-25)11-7-10-16-8-3-1-4-9-16/h1-6,8-9,12-13,17,25H,7,10-11,14-15H2,(H,22,23). The average Bonchev–Trinajstić information content (AvgIpc) is 2.64. The van der Waals surface area contributed by atoms with Crippen molar-refractivity contribution in [3.05, 3.63) is 66.2 Å². The molecule has 0 aliphatic carbocycles. The predicted molar refractivity (Wildman–Crippen MR) is 103 cm³/mol. The van der Waals surface area contributed by atoms with E-state index in [1.54, 1.807) is 24.3 Å². The number of amides is 1. The van der Waals surface area contributed by atoms with Gasteiger partial charge in [-0.3, -0.25) is 9.59 Å². The smallest absolute Gasteiger partial charge is 0.323 e. The van der Waals surface area contributed by atoms with Crippen LogP contribution in [0.15, 0.2) is 60.7 Å². The Morgan fingerprint density at radius 2 is 1.60 bits per heavy atom. The van der Waals surface area contributed by atoms with Crippen molar-refractivity contribution in [2.24, 2.45) is 5.92 Å². The first-order chi connectivity index (χ1) is 12.1. The Labute approximate surface area is 153 Å². The number of hydrogen-bond donors (Lipinski definition) is 2. The number of benzene rings is 2. The summed E-state index contributed by atoms with van der Waals surface area (Å²) in [6, 6.07) is 19.0. The van der Waals surface area contributed by atoms with Crippen molar-refractivity contribution < 1.29 is 14.7 Å². The number of nitrogens with zero attached hydrogens (tertiary/aromatic N) is 1. The maximum atomic E-state index is 12.9. The van der Waals surface area contributed by atoms with E-state index in [1.165, 1.54) is 10.5 Å². The summed E-state index contributed by atoms with van der Waals surface area (Å²) in [6.45, 7) is -0.341. The Hall–Kier alpha value is -2.27. The van der Waals surface area contributed by atoms with Gasteiger partial charge in [-0.2, -0.15) is 12.6 Å². The van der Waals surface area contributed by atoms with Gasteiger partial charge in [0.05, 0.1) is 0 Å². The summed E-state index contributed by atoms with van der Waals surface area (Å²) in [5, 5.41) is 9.16. The van der Waals surface area contributed by atoms with Gasteiger partial charge in [0, 0.05) is 17.4 Å². The number of hydrogen-bond acceptors (Lipinski definition) is 3. The van der Waals surface area contributed by atoms with Crippen molar-refractivity contribution in [1.82, 2.24) is 0 Å². The zero-order chi connectivity index (χ0) is 18.1. The van der Waals surface area contributed by atoms with Crippen molar-refractivity contribution in [3.8, 4) is 0 Å². The average molecular weight is 357 g/mol.